The molecule has 0 aliphatic heterocycles. The van der Waals surface area contributed by atoms with Crippen LogP contribution >= 0.6 is 0 Å². The molecular formula is C33H35F2N3O6. The Morgan fingerprint density at radius 2 is 1.50 bits per heavy atom. The SMILES string of the molecule is COc1cccc(NC(=O)c2c(-c3ccc(F)cc3)c(-c3ccc(F)cc3)c(CC[C@@H](O)C[C@@H](O)CC(=O)O)n2C(C)C)n1. The van der Waals surface area contributed by atoms with E-state index in [0.29, 0.717) is 33.8 Å². The molecule has 11 heteroatoms. The number of carboxylic acids is 1. The first-order chi connectivity index (χ1) is 21.0. The Kier molecular flexibility index (Phi) is 10.5. The average Bonchev–Trinajstić information content (AvgIpc) is 3.32. The van der Waals surface area contributed by atoms with Crippen LogP contribution in [-0.2, 0) is 11.2 Å². The van der Waals surface area contributed by atoms with Crippen molar-refractivity contribution in [1.29, 1.82) is 0 Å². The van der Waals surface area contributed by atoms with Crippen LogP contribution in [0.1, 0.15) is 55.3 Å². The Morgan fingerprint density at radius 1 is 0.909 bits per heavy atom. The lowest BCUT2D eigenvalue weighted by molar-refractivity contribution is -0.139. The Bertz CT molecular complexity index is 1600. The van der Waals surface area contributed by atoms with Crippen molar-refractivity contribution >= 4 is 17.7 Å². The van der Waals surface area contributed by atoms with Crippen molar-refractivity contribution in [2.45, 2.75) is 57.8 Å². The maximum Gasteiger partial charge on any atom is 0.305 e. The van der Waals surface area contributed by atoms with E-state index in [9.17, 15) is 28.6 Å². The number of carboxylic acid groups (broad SMARTS) is 1. The molecular weight excluding hydrogens is 572 g/mol. The smallest absolute Gasteiger partial charge is 0.305 e. The number of rotatable bonds is 13. The number of pyridine rings is 1. The third kappa shape index (κ3) is 7.66. The fraction of sp³-hybridized carbons (Fsp3) is 0.303. The van der Waals surface area contributed by atoms with Crippen LogP contribution in [0.25, 0.3) is 22.3 Å². The van der Waals surface area contributed by atoms with E-state index in [1.54, 1.807) is 42.5 Å². The standard InChI is InChI=1S/C33H35F2N3O6/c1-19(2)38-26(16-15-24(39)17-25(40)18-29(41)42)30(20-7-11-22(34)12-8-20)31(21-9-13-23(35)14-10-21)32(38)33(43)37-27-5-4-6-28(36-27)44-3/h4-14,19,24-25,39-40H,15-18H2,1-3H3,(H,41,42)(H,36,37,43)/t24-,25-/m1/s1. The van der Waals surface area contributed by atoms with Gasteiger partial charge in [0.25, 0.3) is 5.91 Å². The van der Waals surface area contributed by atoms with Crippen LogP contribution in [0.2, 0.25) is 0 Å². The van der Waals surface area contributed by atoms with Crippen molar-refractivity contribution in [3.05, 3.63) is 89.8 Å². The van der Waals surface area contributed by atoms with E-state index in [0.717, 1.165) is 0 Å². The molecule has 4 aromatic rings. The predicted molar refractivity (Wildman–Crippen MR) is 162 cm³/mol. The molecule has 232 valence electrons. The van der Waals surface area contributed by atoms with Crippen molar-refractivity contribution in [3.8, 4) is 28.1 Å². The van der Waals surface area contributed by atoms with Gasteiger partial charge in [0.1, 0.15) is 23.1 Å². The highest BCUT2D eigenvalue weighted by atomic mass is 19.1. The van der Waals surface area contributed by atoms with Gasteiger partial charge in [0.15, 0.2) is 0 Å². The molecule has 44 heavy (non-hydrogen) atoms. The van der Waals surface area contributed by atoms with Crippen molar-refractivity contribution in [3.63, 3.8) is 0 Å². The van der Waals surface area contributed by atoms with Crippen molar-refractivity contribution in [2.75, 3.05) is 12.4 Å². The number of aliphatic carboxylic acids is 1. The summed E-state index contributed by atoms with van der Waals surface area (Å²) in [5, 5.41) is 32.6. The van der Waals surface area contributed by atoms with Gasteiger partial charge >= 0.3 is 5.97 Å². The zero-order chi connectivity index (χ0) is 32.0. The number of aromatic nitrogens is 2. The van der Waals surface area contributed by atoms with E-state index in [4.69, 9.17) is 9.84 Å². The van der Waals surface area contributed by atoms with E-state index >= 15 is 0 Å². The first-order valence-corrected chi connectivity index (χ1v) is 14.2. The van der Waals surface area contributed by atoms with E-state index in [1.165, 1.54) is 31.4 Å². The molecule has 1 amide bonds. The van der Waals surface area contributed by atoms with Gasteiger partial charge in [0.2, 0.25) is 5.88 Å². The monoisotopic (exact) mass is 607 g/mol. The number of carbonyl (C=O) groups is 2. The van der Waals surface area contributed by atoms with Gasteiger partial charge in [-0.3, -0.25) is 9.59 Å². The summed E-state index contributed by atoms with van der Waals surface area (Å²) in [6.45, 7) is 3.78. The Morgan fingerprint density at radius 3 is 2.05 bits per heavy atom. The van der Waals surface area contributed by atoms with Crippen LogP contribution in [0.5, 0.6) is 5.88 Å². The number of hydrogen-bond donors (Lipinski definition) is 4. The lowest BCUT2D eigenvalue weighted by Gasteiger charge is -2.20. The number of amides is 1. The average molecular weight is 608 g/mol. The number of halogens is 2. The molecule has 0 saturated carbocycles. The molecule has 0 spiro atoms. The fourth-order valence-electron chi connectivity index (χ4n) is 5.30. The van der Waals surface area contributed by atoms with Crippen LogP contribution in [0.4, 0.5) is 14.6 Å². The molecule has 0 radical (unpaired) electrons. The Balaban J connectivity index is 1.91. The van der Waals surface area contributed by atoms with Crippen molar-refractivity contribution < 1.29 is 38.4 Å². The largest absolute Gasteiger partial charge is 0.481 e. The summed E-state index contributed by atoms with van der Waals surface area (Å²) in [4.78, 5) is 29.4. The lowest BCUT2D eigenvalue weighted by Crippen LogP contribution is -2.23. The minimum Gasteiger partial charge on any atom is -0.481 e. The maximum absolute atomic E-state index is 14.2. The highest BCUT2D eigenvalue weighted by Gasteiger charge is 2.31. The number of aliphatic hydroxyl groups is 2. The summed E-state index contributed by atoms with van der Waals surface area (Å²) in [6, 6.07) is 16.1. The molecule has 9 nitrogen and oxygen atoms in total. The van der Waals surface area contributed by atoms with E-state index in [-0.39, 0.29) is 36.8 Å². The predicted octanol–water partition coefficient (Wildman–Crippen LogP) is 5.86. The van der Waals surface area contributed by atoms with Gasteiger partial charge in [-0.2, -0.15) is 4.98 Å². The summed E-state index contributed by atoms with van der Waals surface area (Å²) < 4.78 is 35.1. The van der Waals surface area contributed by atoms with E-state index < -0.39 is 42.1 Å². The number of aliphatic hydroxyl groups excluding tert-OH is 2. The quantitative estimate of drug-likeness (QED) is 0.150. The third-order valence-electron chi connectivity index (χ3n) is 7.15. The minimum atomic E-state index is -1.23. The summed E-state index contributed by atoms with van der Waals surface area (Å²) in [5.41, 5.74) is 3.07. The summed E-state index contributed by atoms with van der Waals surface area (Å²) in [5.74, 6) is -2.06. The molecule has 0 aliphatic carbocycles. The van der Waals surface area contributed by atoms with Gasteiger partial charge in [-0.1, -0.05) is 30.3 Å². The zero-order valence-electron chi connectivity index (χ0n) is 24.6. The van der Waals surface area contributed by atoms with Gasteiger partial charge in [0.05, 0.1) is 25.7 Å². The molecule has 2 aromatic carbocycles. The fourth-order valence-corrected chi connectivity index (χ4v) is 5.30. The summed E-state index contributed by atoms with van der Waals surface area (Å²) in [7, 11) is 1.46. The van der Waals surface area contributed by atoms with Crippen LogP contribution in [0, 0.1) is 11.6 Å². The van der Waals surface area contributed by atoms with Gasteiger partial charge in [0, 0.05) is 28.9 Å². The number of nitrogens with one attached hydrogen (secondary N) is 1. The molecule has 2 heterocycles. The normalized spacial score (nSPS) is 12.6. The second kappa shape index (κ2) is 14.2. The number of anilines is 1. The van der Waals surface area contributed by atoms with Crippen LogP contribution in [0.15, 0.2) is 66.7 Å². The molecule has 0 saturated heterocycles. The second-order valence-corrected chi connectivity index (χ2v) is 10.7. The highest BCUT2D eigenvalue weighted by Crippen LogP contribution is 2.43. The number of benzene rings is 2. The van der Waals surface area contributed by atoms with E-state index in [1.807, 2.05) is 18.4 Å². The molecule has 0 bridgehead atoms. The summed E-state index contributed by atoms with van der Waals surface area (Å²) in [6.07, 6.45) is -2.60. The molecule has 0 aliphatic rings. The second-order valence-electron chi connectivity index (χ2n) is 10.7. The zero-order valence-corrected chi connectivity index (χ0v) is 24.6. The van der Waals surface area contributed by atoms with Crippen LogP contribution in [-0.4, -0.2) is 56.1 Å². The van der Waals surface area contributed by atoms with Crippen molar-refractivity contribution in [2.24, 2.45) is 0 Å². The minimum absolute atomic E-state index is 0.128. The van der Waals surface area contributed by atoms with Gasteiger partial charge in [-0.05, 0) is 74.6 Å². The molecule has 4 N–H and O–H groups in total. The third-order valence-corrected chi connectivity index (χ3v) is 7.15. The number of ether oxygens (including phenoxy) is 1. The van der Waals surface area contributed by atoms with E-state index in [2.05, 4.69) is 10.3 Å². The molecule has 4 rings (SSSR count). The Labute approximate surface area is 253 Å². The van der Waals surface area contributed by atoms with Crippen molar-refractivity contribution in [1.82, 2.24) is 9.55 Å². The molecule has 0 fully saturated rings. The summed E-state index contributed by atoms with van der Waals surface area (Å²) >= 11 is 0. The topological polar surface area (TPSA) is 134 Å². The lowest BCUT2D eigenvalue weighted by atomic mass is 9.92. The van der Waals surface area contributed by atoms with Gasteiger partial charge in [-0.25, -0.2) is 8.78 Å². The maximum atomic E-state index is 14.2. The number of nitrogens with zero attached hydrogens (tertiary/aromatic N) is 2. The number of methoxy groups -OCH3 is 1. The molecule has 2 atom stereocenters. The molecule has 0 unspecified atom stereocenters. The van der Waals surface area contributed by atoms with Crippen LogP contribution < -0.4 is 10.1 Å². The highest BCUT2D eigenvalue weighted by molar-refractivity contribution is 6.10. The number of hydrogen-bond acceptors (Lipinski definition) is 6. The van der Waals surface area contributed by atoms with Crippen LogP contribution in [0.3, 0.4) is 0 Å². The Hall–Kier alpha value is -4.61. The van der Waals surface area contributed by atoms with Gasteiger partial charge < -0.3 is 29.9 Å². The first kappa shape index (κ1) is 32.3. The number of carbonyl (C=O) groups excluding carboxylic acids is 1. The molecule has 2 aromatic heterocycles. The van der Waals surface area contributed by atoms with Gasteiger partial charge in [-0.15, -0.1) is 0 Å². The first-order valence-electron chi connectivity index (χ1n) is 14.2.